The first-order valence-electron chi connectivity index (χ1n) is 7.92. The summed E-state index contributed by atoms with van der Waals surface area (Å²) in [5, 5.41) is 0. The van der Waals surface area contributed by atoms with Crippen molar-refractivity contribution in [1.82, 2.24) is 4.72 Å². The van der Waals surface area contributed by atoms with E-state index in [1.165, 1.54) is 26.4 Å². The smallest absolute Gasteiger partial charge is 0.241 e. The van der Waals surface area contributed by atoms with E-state index < -0.39 is 15.6 Å². The Morgan fingerprint density at radius 3 is 2.16 bits per heavy atom. The Hall–Kier alpha value is -1.57. The highest BCUT2D eigenvalue weighted by atomic mass is 79.9. The Morgan fingerprint density at radius 2 is 1.64 bits per heavy atom. The number of methoxy groups -OCH3 is 2. The molecular formula is C18H20BrNO4S. The number of benzene rings is 2. The maximum atomic E-state index is 12.9. The lowest BCUT2D eigenvalue weighted by molar-refractivity contribution is 0.224. The maximum Gasteiger partial charge on any atom is 0.241 e. The molecule has 5 nitrogen and oxygen atoms in total. The quantitative estimate of drug-likeness (QED) is 0.763. The van der Waals surface area contributed by atoms with E-state index in [1.807, 2.05) is 24.3 Å². The molecule has 0 radical (unpaired) electrons. The summed E-state index contributed by atoms with van der Waals surface area (Å²) in [6, 6.07) is 12.4. The van der Waals surface area contributed by atoms with Crippen LogP contribution in [-0.2, 0) is 15.6 Å². The largest absolute Gasteiger partial charge is 0.493 e. The second-order valence-electron chi connectivity index (χ2n) is 6.06. The van der Waals surface area contributed by atoms with Crippen molar-refractivity contribution in [2.24, 2.45) is 0 Å². The van der Waals surface area contributed by atoms with Crippen LogP contribution >= 0.6 is 15.9 Å². The van der Waals surface area contributed by atoms with Crippen LogP contribution in [0.4, 0.5) is 0 Å². The van der Waals surface area contributed by atoms with Crippen molar-refractivity contribution in [3.05, 3.63) is 52.5 Å². The molecule has 0 heterocycles. The summed E-state index contributed by atoms with van der Waals surface area (Å²) in [6.45, 7) is 0. The lowest BCUT2D eigenvalue weighted by atomic mass is 9.73. The zero-order valence-corrected chi connectivity index (χ0v) is 16.5. The minimum atomic E-state index is -3.69. The molecule has 134 valence electrons. The summed E-state index contributed by atoms with van der Waals surface area (Å²) in [5.41, 5.74) is 0.429. The van der Waals surface area contributed by atoms with Gasteiger partial charge in [-0.15, -0.1) is 0 Å². The minimum Gasteiger partial charge on any atom is -0.493 e. The van der Waals surface area contributed by atoms with Gasteiger partial charge in [-0.3, -0.25) is 0 Å². The van der Waals surface area contributed by atoms with Gasteiger partial charge >= 0.3 is 0 Å². The third-order valence-electron chi connectivity index (χ3n) is 4.60. The molecule has 1 fully saturated rings. The fourth-order valence-electron chi connectivity index (χ4n) is 3.05. The summed E-state index contributed by atoms with van der Waals surface area (Å²) < 4.78 is 40.1. The Labute approximate surface area is 156 Å². The van der Waals surface area contributed by atoms with Gasteiger partial charge in [-0.05, 0) is 49.1 Å². The van der Waals surface area contributed by atoms with Crippen molar-refractivity contribution < 1.29 is 17.9 Å². The summed E-state index contributed by atoms with van der Waals surface area (Å²) in [5.74, 6) is 0.879. The van der Waals surface area contributed by atoms with Crippen LogP contribution in [0.2, 0.25) is 0 Å². The van der Waals surface area contributed by atoms with Crippen molar-refractivity contribution in [3.63, 3.8) is 0 Å². The fraction of sp³-hybridized carbons (Fsp3) is 0.333. The Balaban J connectivity index is 1.93. The molecule has 0 aliphatic heterocycles. The molecule has 0 aromatic heterocycles. The molecule has 3 rings (SSSR count). The van der Waals surface area contributed by atoms with Crippen LogP contribution in [0.15, 0.2) is 51.8 Å². The molecule has 0 amide bonds. The zero-order valence-electron chi connectivity index (χ0n) is 14.1. The van der Waals surface area contributed by atoms with Gasteiger partial charge in [0.1, 0.15) is 0 Å². The Kier molecular flexibility index (Phi) is 5.09. The molecular weight excluding hydrogens is 406 g/mol. The van der Waals surface area contributed by atoms with E-state index in [1.54, 1.807) is 6.07 Å². The second-order valence-corrected chi connectivity index (χ2v) is 8.66. The van der Waals surface area contributed by atoms with Gasteiger partial charge in [0, 0.05) is 10.5 Å². The predicted octanol–water partition coefficient (Wildman–Crippen LogP) is 3.82. The fourth-order valence-corrected chi connectivity index (χ4v) is 4.78. The molecule has 0 unspecified atom stereocenters. The number of nitrogens with one attached hydrogen (secondary N) is 1. The standard InChI is InChI=1S/C18H20BrNO4S/c1-23-16-9-8-15(12-17(16)24-2)25(21,22)20-18(10-3-11-18)13-4-6-14(19)7-5-13/h4-9,12,20H,3,10-11H2,1-2H3. The van der Waals surface area contributed by atoms with Crippen LogP contribution < -0.4 is 14.2 Å². The molecule has 0 saturated heterocycles. The Morgan fingerprint density at radius 1 is 1.00 bits per heavy atom. The molecule has 1 aliphatic rings. The third-order valence-corrected chi connectivity index (χ3v) is 6.66. The van der Waals surface area contributed by atoms with Gasteiger partial charge in [0.15, 0.2) is 11.5 Å². The van der Waals surface area contributed by atoms with E-state index in [9.17, 15) is 8.42 Å². The average molecular weight is 426 g/mol. The summed E-state index contributed by atoms with van der Waals surface area (Å²) in [6.07, 6.45) is 2.55. The van der Waals surface area contributed by atoms with Crippen LogP contribution in [0, 0.1) is 0 Å². The van der Waals surface area contributed by atoms with E-state index in [0.29, 0.717) is 11.5 Å². The first-order chi connectivity index (χ1) is 11.9. The van der Waals surface area contributed by atoms with E-state index >= 15 is 0 Å². The summed E-state index contributed by atoms with van der Waals surface area (Å²) in [4.78, 5) is 0.161. The highest BCUT2D eigenvalue weighted by molar-refractivity contribution is 9.10. The van der Waals surface area contributed by atoms with Gasteiger partial charge in [0.2, 0.25) is 10.0 Å². The van der Waals surface area contributed by atoms with Crippen molar-refractivity contribution in [3.8, 4) is 11.5 Å². The van der Waals surface area contributed by atoms with Gasteiger partial charge < -0.3 is 9.47 Å². The van der Waals surface area contributed by atoms with E-state index in [0.717, 1.165) is 29.3 Å². The Bertz CT molecular complexity index is 861. The van der Waals surface area contributed by atoms with E-state index in [2.05, 4.69) is 20.7 Å². The molecule has 0 bridgehead atoms. The van der Waals surface area contributed by atoms with Crippen LogP contribution in [0.25, 0.3) is 0 Å². The molecule has 1 saturated carbocycles. The average Bonchev–Trinajstić information content (AvgIpc) is 2.58. The van der Waals surface area contributed by atoms with Crippen LogP contribution in [-0.4, -0.2) is 22.6 Å². The van der Waals surface area contributed by atoms with Gasteiger partial charge in [-0.1, -0.05) is 28.1 Å². The molecule has 0 spiro atoms. The zero-order chi connectivity index (χ0) is 18.1. The topological polar surface area (TPSA) is 64.6 Å². The number of halogens is 1. The monoisotopic (exact) mass is 425 g/mol. The molecule has 2 aromatic rings. The van der Waals surface area contributed by atoms with Gasteiger partial charge in [-0.2, -0.15) is 0 Å². The summed E-state index contributed by atoms with van der Waals surface area (Å²) >= 11 is 3.42. The number of sulfonamides is 1. The number of hydrogen-bond acceptors (Lipinski definition) is 4. The van der Waals surface area contributed by atoms with Crippen molar-refractivity contribution in [1.29, 1.82) is 0 Å². The number of rotatable bonds is 6. The molecule has 0 atom stereocenters. The van der Waals surface area contributed by atoms with E-state index in [-0.39, 0.29) is 4.90 Å². The van der Waals surface area contributed by atoms with E-state index in [4.69, 9.17) is 9.47 Å². The maximum absolute atomic E-state index is 12.9. The lowest BCUT2D eigenvalue weighted by Gasteiger charge is -2.42. The number of ether oxygens (including phenoxy) is 2. The second kappa shape index (κ2) is 6.97. The lowest BCUT2D eigenvalue weighted by Crippen LogP contribution is -2.50. The van der Waals surface area contributed by atoms with Crippen molar-refractivity contribution in [2.45, 2.75) is 29.7 Å². The van der Waals surface area contributed by atoms with Gasteiger partial charge in [-0.25, -0.2) is 13.1 Å². The molecule has 1 N–H and O–H groups in total. The molecule has 1 aliphatic carbocycles. The summed E-state index contributed by atoms with van der Waals surface area (Å²) in [7, 11) is -0.694. The normalized spacial score (nSPS) is 16.1. The highest BCUT2D eigenvalue weighted by Gasteiger charge is 2.42. The van der Waals surface area contributed by atoms with Gasteiger partial charge in [0.05, 0.1) is 24.7 Å². The minimum absolute atomic E-state index is 0.161. The van der Waals surface area contributed by atoms with Crippen LogP contribution in [0.1, 0.15) is 24.8 Å². The van der Waals surface area contributed by atoms with Crippen molar-refractivity contribution >= 4 is 26.0 Å². The van der Waals surface area contributed by atoms with Crippen LogP contribution in [0.3, 0.4) is 0 Å². The first kappa shape index (κ1) is 18.2. The molecule has 7 heteroatoms. The highest BCUT2D eigenvalue weighted by Crippen LogP contribution is 2.43. The number of hydrogen-bond donors (Lipinski definition) is 1. The third kappa shape index (κ3) is 3.54. The SMILES string of the molecule is COc1ccc(S(=O)(=O)NC2(c3ccc(Br)cc3)CCC2)cc1OC. The first-order valence-corrected chi connectivity index (χ1v) is 10.2. The van der Waals surface area contributed by atoms with Crippen molar-refractivity contribution in [2.75, 3.05) is 14.2 Å². The molecule has 25 heavy (non-hydrogen) atoms. The van der Waals surface area contributed by atoms with Crippen LogP contribution in [0.5, 0.6) is 11.5 Å². The molecule has 2 aromatic carbocycles. The van der Waals surface area contributed by atoms with Gasteiger partial charge in [0.25, 0.3) is 0 Å². The predicted molar refractivity (Wildman–Crippen MR) is 99.5 cm³/mol.